The molecule has 0 bridgehead atoms. The zero-order valence-corrected chi connectivity index (χ0v) is 21.2. The summed E-state index contributed by atoms with van der Waals surface area (Å²) >= 11 is 0. The van der Waals surface area contributed by atoms with Gasteiger partial charge in [-0.05, 0) is 40.2 Å². The molecule has 38 heavy (non-hydrogen) atoms. The van der Waals surface area contributed by atoms with Crippen LogP contribution in [0.5, 0.6) is 0 Å². The highest BCUT2D eigenvalue weighted by atomic mass is 16.5. The number of nitrogens with one attached hydrogen (secondary N) is 1. The van der Waals surface area contributed by atoms with Gasteiger partial charge in [0.05, 0.1) is 6.42 Å². The van der Waals surface area contributed by atoms with Gasteiger partial charge >= 0.3 is 12.1 Å². The molecular weight excluding hydrogens is 480 g/mol. The Balaban J connectivity index is 1.27. The fourth-order valence-electron chi connectivity index (χ4n) is 5.21. The monoisotopic (exact) mass is 512 g/mol. The van der Waals surface area contributed by atoms with Crippen molar-refractivity contribution < 1.29 is 24.2 Å². The number of ether oxygens (including phenoxy) is 1. The van der Waals surface area contributed by atoms with Gasteiger partial charge in [0.25, 0.3) is 0 Å². The van der Waals surface area contributed by atoms with E-state index < -0.39 is 18.1 Å². The molecule has 196 valence electrons. The minimum atomic E-state index is -0.973. The van der Waals surface area contributed by atoms with Gasteiger partial charge in [0.2, 0.25) is 5.91 Å². The minimum absolute atomic E-state index is 0.0661. The molecule has 2 amide bonds. The minimum Gasteiger partial charge on any atom is -0.481 e. The summed E-state index contributed by atoms with van der Waals surface area (Å²) in [7, 11) is 0. The summed E-state index contributed by atoms with van der Waals surface area (Å²) in [5, 5.41) is 12.0. The van der Waals surface area contributed by atoms with Crippen LogP contribution in [-0.4, -0.2) is 47.2 Å². The molecule has 0 heterocycles. The van der Waals surface area contributed by atoms with Crippen molar-refractivity contribution in [3.8, 4) is 11.1 Å². The van der Waals surface area contributed by atoms with Crippen molar-refractivity contribution in [1.29, 1.82) is 0 Å². The smallest absolute Gasteiger partial charge is 0.407 e. The quantitative estimate of drug-likeness (QED) is 0.368. The van der Waals surface area contributed by atoms with E-state index in [1.165, 1.54) is 4.90 Å². The summed E-state index contributed by atoms with van der Waals surface area (Å²) in [5.41, 5.74) is 5.44. The van der Waals surface area contributed by atoms with Gasteiger partial charge in [-0.3, -0.25) is 9.59 Å². The number of nitrogens with zero attached hydrogens (tertiary/aromatic N) is 1. The summed E-state index contributed by atoms with van der Waals surface area (Å²) in [4.78, 5) is 39.4. The number of carboxylic acid groups (broad SMARTS) is 1. The van der Waals surface area contributed by atoms with Crippen LogP contribution in [0.4, 0.5) is 4.79 Å². The van der Waals surface area contributed by atoms with Crippen molar-refractivity contribution in [3.05, 3.63) is 95.6 Å². The van der Waals surface area contributed by atoms with Crippen LogP contribution in [0.1, 0.15) is 48.3 Å². The number of carbonyl (C=O) groups excluding carboxylic acids is 2. The second kappa shape index (κ2) is 11.5. The number of carbonyl (C=O) groups is 3. The first-order chi connectivity index (χ1) is 18.5. The predicted molar refractivity (Wildman–Crippen MR) is 143 cm³/mol. The molecule has 3 aromatic rings. The predicted octanol–water partition coefficient (Wildman–Crippen LogP) is 5.20. The SMILES string of the molecule is O=C(O)CCN(Cc1ccccc1)C(=O)C(CC1CC1)NC(=O)OCC1c2ccccc2-c2ccccc21. The molecule has 7 heteroatoms. The molecule has 2 N–H and O–H groups in total. The van der Waals surface area contributed by atoms with Crippen molar-refractivity contribution in [3.63, 3.8) is 0 Å². The first-order valence-electron chi connectivity index (χ1n) is 13.2. The number of rotatable bonds is 11. The Kier molecular flexibility index (Phi) is 7.73. The largest absolute Gasteiger partial charge is 0.481 e. The van der Waals surface area contributed by atoms with Crippen LogP contribution in [0.25, 0.3) is 11.1 Å². The second-order valence-electron chi connectivity index (χ2n) is 10.1. The van der Waals surface area contributed by atoms with E-state index >= 15 is 0 Å². The molecule has 0 spiro atoms. The molecule has 5 rings (SSSR count). The van der Waals surface area contributed by atoms with Crippen LogP contribution in [0.2, 0.25) is 0 Å². The van der Waals surface area contributed by atoms with E-state index in [2.05, 4.69) is 29.6 Å². The molecule has 2 aliphatic carbocycles. The number of hydrogen-bond acceptors (Lipinski definition) is 4. The molecular formula is C31H32N2O5. The van der Waals surface area contributed by atoms with Gasteiger partial charge in [0.15, 0.2) is 0 Å². The van der Waals surface area contributed by atoms with Crippen LogP contribution in [-0.2, 0) is 20.9 Å². The molecule has 7 nitrogen and oxygen atoms in total. The Morgan fingerprint density at radius 2 is 1.50 bits per heavy atom. The van der Waals surface area contributed by atoms with E-state index in [1.54, 1.807) is 0 Å². The summed E-state index contributed by atoms with van der Waals surface area (Å²) in [6.07, 6.45) is 1.75. The third-order valence-corrected chi connectivity index (χ3v) is 7.32. The average molecular weight is 513 g/mol. The van der Waals surface area contributed by atoms with Gasteiger partial charge in [-0.25, -0.2) is 4.79 Å². The van der Waals surface area contributed by atoms with Gasteiger partial charge in [-0.1, -0.05) is 91.7 Å². The van der Waals surface area contributed by atoms with E-state index in [4.69, 9.17) is 4.74 Å². The van der Waals surface area contributed by atoms with Gasteiger partial charge < -0.3 is 20.1 Å². The molecule has 3 aromatic carbocycles. The number of carboxylic acids is 1. The maximum atomic E-state index is 13.6. The van der Waals surface area contributed by atoms with Crippen molar-refractivity contribution >= 4 is 18.0 Å². The summed E-state index contributed by atoms with van der Waals surface area (Å²) in [6, 6.07) is 24.9. The van der Waals surface area contributed by atoms with Crippen molar-refractivity contribution in [1.82, 2.24) is 10.2 Å². The van der Waals surface area contributed by atoms with Crippen LogP contribution in [0.3, 0.4) is 0 Å². The zero-order valence-electron chi connectivity index (χ0n) is 21.2. The molecule has 0 saturated heterocycles. The fourth-order valence-corrected chi connectivity index (χ4v) is 5.21. The van der Waals surface area contributed by atoms with Gasteiger partial charge in [0, 0.05) is 19.0 Å². The lowest BCUT2D eigenvalue weighted by atomic mass is 9.98. The standard InChI is InChI=1S/C31H32N2O5/c34-29(35)16-17-33(19-22-8-2-1-3-9-22)30(36)28(18-21-14-15-21)32-31(37)38-20-27-25-12-6-4-10-23(25)24-11-5-7-13-26(24)27/h1-13,21,27-28H,14-20H2,(H,32,37)(H,34,35). The molecule has 2 aliphatic rings. The maximum absolute atomic E-state index is 13.6. The van der Waals surface area contributed by atoms with E-state index in [9.17, 15) is 19.5 Å². The Morgan fingerprint density at radius 1 is 0.895 bits per heavy atom. The molecule has 1 saturated carbocycles. The summed E-state index contributed by atoms with van der Waals surface area (Å²) in [6.45, 7) is 0.508. The van der Waals surface area contributed by atoms with Crippen LogP contribution in [0, 0.1) is 5.92 Å². The van der Waals surface area contributed by atoms with Crippen molar-refractivity contribution in [2.24, 2.45) is 5.92 Å². The van der Waals surface area contributed by atoms with E-state index in [1.807, 2.05) is 54.6 Å². The number of hydrogen-bond donors (Lipinski definition) is 2. The number of aliphatic carboxylic acids is 1. The molecule has 1 fully saturated rings. The lowest BCUT2D eigenvalue weighted by Crippen LogP contribution is -2.49. The van der Waals surface area contributed by atoms with Crippen molar-refractivity contribution in [2.45, 2.75) is 44.2 Å². The summed E-state index contributed by atoms with van der Waals surface area (Å²) in [5.74, 6) is -0.957. The number of fused-ring (bicyclic) bond motifs is 3. The lowest BCUT2D eigenvalue weighted by Gasteiger charge is -2.28. The topological polar surface area (TPSA) is 95.9 Å². The Labute approximate surface area is 222 Å². The number of amides is 2. The van der Waals surface area contributed by atoms with E-state index in [-0.39, 0.29) is 37.9 Å². The highest BCUT2D eigenvalue weighted by Crippen LogP contribution is 2.44. The highest BCUT2D eigenvalue weighted by molar-refractivity contribution is 5.86. The summed E-state index contributed by atoms with van der Waals surface area (Å²) < 4.78 is 5.70. The number of benzene rings is 3. The average Bonchev–Trinajstić information content (AvgIpc) is 3.70. The third-order valence-electron chi connectivity index (χ3n) is 7.32. The molecule has 1 unspecified atom stereocenters. The van der Waals surface area contributed by atoms with E-state index in [0.29, 0.717) is 12.3 Å². The van der Waals surface area contributed by atoms with Gasteiger partial charge in [-0.2, -0.15) is 0 Å². The Morgan fingerprint density at radius 3 is 2.11 bits per heavy atom. The first kappa shape index (κ1) is 25.5. The zero-order chi connectivity index (χ0) is 26.5. The van der Waals surface area contributed by atoms with Crippen LogP contribution in [0.15, 0.2) is 78.9 Å². The van der Waals surface area contributed by atoms with Gasteiger partial charge in [-0.15, -0.1) is 0 Å². The number of alkyl carbamates (subject to hydrolysis) is 1. The normalized spacial score (nSPS) is 14.7. The Bertz CT molecular complexity index is 1260. The molecule has 0 aromatic heterocycles. The molecule has 0 radical (unpaired) electrons. The maximum Gasteiger partial charge on any atom is 0.407 e. The van der Waals surface area contributed by atoms with E-state index in [0.717, 1.165) is 40.7 Å². The lowest BCUT2D eigenvalue weighted by molar-refractivity contribution is -0.139. The van der Waals surface area contributed by atoms with Crippen molar-refractivity contribution in [2.75, 3.05) is 13.2 Å². The van der Waals surface area contributed by atoms with Crippen LogP contribution >= 0.6 is 0 Å². The molecule has 1 atom stereocenters. The first-order valence-corrected chi connectivity index (χ1v) is 13.2. The fraction of sp³-hybridized carbons (Fsp3) is 0.323. The highest BCUT2D eigenvalue weighted by Gasteiger charge is 2.34. The van der Waals surface area contributed by atoms with Gasteiger partial charge in [0.1, 0.15) is 12.6 Å². The molecule has 0 aliphatic heterocycles. The Hall–Kier alpha value is -4.13. The van der Waals surface area contributed by atoms with Crippen LogP contribution < -0.4 is 5.32 Å². The third kappa shape index (κ3) is 6.05. The second-order valence-corrected chi connectivity index (χ2v) is 10.1.